The number of thioether (sulfide) groups is 1. The maximum absolute atomic E-state index is 5.37. The summed E-state index contributed by atoms with van der Waals surface area (Å²) in [5.74, 6) is 3.81. The maximum atomic E-state index is 5.37. The monoisotopic (exact) mass is 323 g/mol. The Bertz CT molecular complexity index is 450. The maximum Gasteiger partial charge on any atom is 0.191 e. The molecule has 1 saturated heterocycles. The highest BCUT2D eigenvalue weighted by Gasteiger charge is 2.29. The molecule has 0 radical (unpaired) electrons. The predicted molar refractivity (Wildman–Crippen MR) is 95.7 cm³/mol. The van der Waals surface area contributed by atoms with Crippen LogP contribution in [0, 0.1) is 5.92 Å². The number of hydrogen-bond acceptors (Lipinski definition) is 3. The summed E-state index contributed by atoms with van der Waals surface area (Å²) in [5, 5.41) is 6.86. The van der Waals surface area contributed by atoms with Gasteiger partial charge in [-0.1, -0.05) is 13.8 Å². The van der Waals surface area contributed by atoms with E-state index in [2.05, 4.69) is 43.2 Å². The van der Waals surface area contributed by atoms with E-state index in [0.29, 0.717) is 10.7 Å². The number of guanidine groups is 1. The summed E-state index contributed by atoms with van der Waals surface area (Å²) in [7, 11) is 0. The third-order valence-corrected chi connectivity index (χ3v) is 5.32. The lowest BCUT2D eigenvalue weighted by molar-refractivity contribution is 0.506. The number of nitrogens with one attached hydrogen (secondary N) is 2. The molecule has 1 aromatic heterocycles. The highest BCUT2D eigenvalue weighted by molar-refractivity contribution is 8.00. The Hall–Kier alpha value is -1.10. The summed E-state index contributed by atoms with van der Waals surface area (Å²) >= 11 is 2.06. The van der Waals surface area contributed by atoms with Crippen LogP contribution in [0.1, 0.15) is 39.4 Å². The zero-order valence-corrected chi connectivity index (χ0v) is 14.8. The molecule has 2 N–H and O–H groups in total. The van der Waals surface area contributed by atoms with E-state index in [1.165, 1.54) is 18.6 Å². The van der Waals surface area contributed by atoms with Gasteiger partial charge in [-0.25, -0.2) is 0 Å². The van der Waals surface area contributed by atoms with Crippen molar-refractivity contribution in [2.24, 2.45) is 10.9 Å². The second-order valence-corrected chi connectivity index (χ2v) is 8.28. The Labute approximate surface area is 138 Å². The minimum atomic E-state index is 0.313. The summed E-state index contributed by atoms with van der Waals surface area (Å²) in [6.07, 6.45) is 5.18. The van der Waals surface area contributed by atoms with Gasteiger partial charge < -0.3 is 15.1 Å². The first kappa shape index (κ1) is 17.3. The molecule has 0 aliphatic carbocycles. The van der Waals surface area contributed by atoms with E-state index in [1.54, 1.807) is 6.26 Å². The number of nitrogens with zero attached hydrogens (tertiary/aromatic N) is 1. The van der Waals surface area contributed by atoms with Crippen LogP contribution in [0.15, 0.2) is 27.8 Å². The average Bonchev–Trinajstić information content (AvgIpc) is 3.13. The largest absolute Gasteiger partial charge is 0.469 e. The molecule has 1 unspecified atom stereocenters. The highest BCUT2D eigenvalue weighted by Crippen LogP contribution is 2.37. The average molecular weight is 324 g/mol. The van der Waals surface area contributed by atoms with Crippen molar-refractivity contribution in [2.75, 3.05) is 25.4 Å². The summed E-state index contributed by atoms with van der Waals surface area (Å²) in [6, 6.07) is 3.94. The van der Waals surface area contributed by atoms with Crippen molar-refractivity contribution in [3.8, 4) is 0 Å². The molecule has 5 heteroatoms. The van der Waals surface area contributed by atoms with E-state index in [-0.39, 0.29) is 0 Å². The lowest BCUT2D eigenvalue weighted by atomic mass is 10.1. The molecule has 0 amide bonds. The van der Waals surface area contributed by atoms with Gasteiger partial charge in [0.1, 0.15) is 5.76 Å². The first-order valence-corrected chi connectivity index (χ1v) is 9.24. The molecule has 2 rings (SSSR count). The first-order chi connectivity index (χ1) is 10.6. The lowest BCUT2D eigenvalue weighted by Gasteiger charge is -2.21. The van der Waals surface area contributed by atoms with Crippen LogP contribution in [-0.4, -0.2) is 36.1 Å². The van der Waals surface area contributed by atoms with Gasteiger partial charge in [0, 0.05) is 24.3 Å². The molecule has 0 spiro atoms. The fourth-order valence-electron chi connectivity index (χ4n) is 2.44. The van der Waals surface area contributed by atoms with Gasteiger partial charge in [0.25, 0.3) is 0 Å². The number of aliphatic imine (C=N–C) groups is 1. The van der Waals surface area contributed by atoms with Gasteiger partial charge >= 0.3 is 0 Å². The fourth-order valence-corrected chi connectivity index (χ4v) is 3.67. The van der Waals surface area contributed by atoms with E-state index in [4.69, 9.17) is 9.41 Å². The third kappa shape index (κ3) is 5.95. The molecule has 1 aromatic rings. The Morgan fingerprint density at radius 2 is 2.32 bits per heavy atom. The SMILES string of the molecule is CC(C)CNC(=NCC1(C)CCCS1)NCCc1ccco1. The molecule has 1 aliphatic heterocycles. The van der Waals surface area contributed by atoms with Crippen molar-refractivity contribution >= 4 is 17.7 Å². The van der Waals surface area contributed by atoms with Gasteiger partial charge in [-0.3, -0.25) is 4.99 Å². The van der Waals surface area contributed by atoms with E-state index < -0.39 is 0 Å². The molecule has 1 atom stereocenters. The fraction of sp³-hybridized carbons (Fsp3) is 0.706. The minimum absolute atomic E-state index is 0.313. The Kier molecular flexibility index (Phi) is 6.68. The predicted octanol–water partition coefficient (Wildman–Crippen LogP) is 3.30. The standard InChI is InChI=1S/C17H29N3OS/c1-14(2)12-19-16(18-9-7-15-6-4-10-21-15)20-13-17(3)8-5-11-22-17/h4,6,10,14H,5,7-9,11-13H2,1-3H3,(H2,18,19,20). The van der Waals surface area contributed by atoms with Gasteiger partial charge in [0.05, 0.1) is 12.8 Å². The van der Waals surface area contributed by atoms with E-state index in [0.717, 1.165) is 37.8 Å². The van der Waals surface area contributed by atoms with Crippen LogP contribution in [0.5, 0.6) is 0 Å². The van der Waals surface area contributed by atoms with Crippen LogP contribution in [0.25, 0.3) is 0 Å². The normalized spacial score (nSPS) is 22.3. The first-order valence-electron chi connectivity index (χ1n) is 8.26. The van der Waals surface area contributed by atoms with Crippen LogP contribution >= 0.6 is 11.8 Å². The second kappa shape index (κ2) is 8.51. The van der Waals surface area contributed by atoms with Crippen molar-refractivity contribution in [3.05, 3.63) is 24.2 Å². The van der Waals surface area contributed by atoms with Crippen molar-refractivity contribution in [1.29, 1.82) is 0 Å². The van der Waals surface area contributed by atoms with E-state index in [1.807, 2.05) is 12.1 Å². The molecule has 0 bridgehead atoms. The summed E-state index contributed by atoms with van der Waals surface area (Å²) in [5.41, 5.74) is 0. The molecule has 2 heterocycles. The van der Waals surface area contributed by atoms with Gasteiger partial charge in [0.15, 0.2) is 5.96 Å². The van der Waals surface area contributed by atoms with Gasteiger partial charge in [-0.15, -0.1) is 0 Å². The van der Waals surface area contributed by atoms with Gasteiger partial charge in [-0.05, 0) is 43.6 Å². The van der Waals surface area contributed by atoms with Crippen LogP contribution in [0.3, 0.4) is 0 Å². The Morgan fingerprint density at radius 1 is 1.45 bits per heavy atom. The van der Waals surface area contributed by atoms with E-state index in [9.17, 15) is 0 Å². The second-order valence-electron chi connectivity index (χ2n) is 6.60. The molecular formula is C17H29N3OS. The lowest BCUT2D eigenvalue weighted by Crippen LogP contribution is -2.41. The van der Waals surface area contributed by atoms with Crippen molar-refractivity contribution in [3.63, 3.8) is 0 Å². The topological polar surface area (TPSA) is 49.6 Å². The number of rotatable bonds is 7. The van der Waals surface area contributed by atoms with Crippen molar-refractivity contribution in [2.45, 2.75) is 44.8 Å². The molecule has 22 heavy (non-hydrogen) atoms. The number of hydrogen-bond donors (Lipinski definition) is 2. The molecule has 0 saturated carbocycles. The quantitative estimate of drug-likeness (QED) is 0.597. The molecule has 124 valence electrons. The van der Waals surface area contributed by atoms with Gasteiger partial charge in [-0.2, -0.15) is 11.8 Å². The zero-order valence-electron chi connectivity index (χ0n) is 14.0. The van der Waals surface area contributed by atoms with Crippen molar-refractivity contribution < 1.29 is 4.42 Å². The summed E-state index contributed by atoms with van der Waals surface area (Å²) in [4.78, 5) is 4.81. The van der Waals surface area contributed by atoms with Crippen LogP contribution in [0.4, 0.5) is 0 Å². The Balaban J connectivity index is 1.83. The zero-order chi connectivity index (χ0) is 15.8. The van der Waals surface area contributed by atoms with E-state index >= 15 is 0 Å². The third-order valence-electron chi connectivity index (χ3n) is 3.79. The summed E-state index contributed by atoms with van der Waals surface area (Å²) < 4.78 is 5.68. The molecule has 0 aromatic carbocycles. The Morgan fingerprint density at radius 3 is 2.95 bits per heavy atom. The van der Waals surface area contributed by atoms with Crippen LogP contribution in [0.2, 0.25) is 0 Å². The highest BCUT2D eigenvalue weighted by atomic mass is 32.2. The van der Waals surface area contributed by atoms with Crippen molar-refractivity contribution in [1.82, 2.24) is 10.6 Å². The smallest absolute Gasteiger partial charge is 0.191 e. The molecule has 1 aliphatic rings. The minimum Gasteiger partial charge on any atom is -0.469 e. The molecular weight excluding hydrogens is 294 g/mol. The molecule has 4 nitrogen and oxygen atoms in total. The molecule has 1 fully saturated rings. The summed E-state index contributed by atoms with van der Waals surface area (Å²) in [6.45, 7) is 9.41. The number of furan rings is 1. The van der Waals surface area contributed by atoms with Gasteiger partial charge in [0.2, 0.25) is 0 Å². The van der Waals surface area contributed by atoms with Crippen LogP contribution in [-0.2, 0) is 6.42 Å². The van der Waals surface area contributed by atoms with Crippen LogP contribution < -0.4 is 10.6 Å².